The zero-order valence-corrected chi connectivity index (χ0v) is 15.8. The lowest BCUT2D eigenvalue weighted by Gasteiger charge is -2.20. The highest BCUT2D eigenvalue weighted by Gasteiger charge is 2.24. The zero-order valence-electron chi connectivity index (χ0n) is 15.8. The number of guanidine groups is 1. The highest BCUT2D eigenvalue weighted by molar-refractivity contribution is 5.85. The maximum atomic E-state index is 12.5. The number of nitrogens with zero attached hydrogens (tertiary/aromatic N) is 1. The Hall–Kier alpha value is -2.32. The van der Waals surface area contributed by atoms with Gasteiger partial charge in [0.15, 0.2) is 5.96 Å². The first-order valence-electron chi connectivity index (χ1n) is 9.06. The van der Waals surface area contributed by atoms with Crippen molar-refractivity contribution in [3.05, 3.63) is 0 Å². The van der Waals surface area contributed by atoms with E-state index < -0.39 is 12.0 Å². The lowest BCUT2D eigenvalue weighted by atomic mass is 9.97. The number of hydrogen-bond donors (Lipinski definition) is 4. The Balaban J connectivity index is 4.41. The number of carbonyl (C=O) groups excluding carboxylic acids is 3. The van der Waals surface area contributed by atoms with Crippen LogP contribution in [-0.2, 0) is 19.1 Å². The van der Waals surface area contributed by atoms with Gasteiger partial charge in [-0.3, -0.25) is 14.6 Å². The molecule has 0 heterocycles. The number of amides is 2. The van der Waals surface area contributed by atoms with Gasteiger partial charge in [-0.25, -0.2) is 4.79 Å². The molecule has 6 N–H and O–H groups in total. The lowest BCUT2D eigenvalue weighted by molar-refractivity contribution is -0.145. The summed E-state index contributed by atoms with van der Waals surface area (Å²) in [6.45, 7) is 2.98. The Labute approximate surface area is 155 Å². The monoisotopic (exact) mass is 371 g/mol. The van der Waals surface area contributed by atoms with E-state index in [1.165, 1.54) is 7.11 Å². The molecule has 2 atom stereocenters. The second-order valence-electron chi connectivity index (χ2n) is 6.06. The minimum absolute atomic E-state index is 0.00181. The predicted molar refractivity (Wildman–Crippen MR) is 100 cm³/mol. The Morgan fingerprint density at radius 2 is 1.88 bits per heavy atom. The van der Waals surface area contributed by atoms with Gasteiger partial charge in [0, 0.05) is 19.0 Å². The van der Waals surface area contributed by atoms with E-state index >= 15 is 0 Å². The normalized spacial score (nSPS) is 12.5. The maximum absolute atomic E-state index is 12.5. The second-order valence-corrected chi connectivity index (χ2v) is 6.06. The maximum Gasteiger partial charge on any atom is 0.328 e. The number of hydrogen-bond acceptors (Lipinski definition) is 5. The van der Waals surface area contributed by atoms with Crippen molar-refractivity contribution in [2.75, 3.05) is 20.2 Å². The third-order valence-corrected chi connectivity index (χ3v) is 4.07. The Morgan fingerprint density at radius 1 is 1.15 bits per heavy atom. The van der Waals surface area contributed by atoms with E-state index in [1.54, 1.807) is 0 Å². The van der Waals surface area contributed by atoms with E-state index in [0.717, 1.165) is 25.7 Å². The molecular weight excluding hydrogens is 338 g/mol. The summed E-state index contributed by atoms with van der Waals surface area (Å²) < 4.78 is 4.77. The number of rotatable bonds is 15. The molecule has 0 aliphatic rings. The fourth-order valence-electron chi connectivity index (χ4n) is 2.56. The quantitative estimate of drug-likeness (QED) is 0.105. The molecule has 0 rings (SSSR count). The molecule has 2 unspecified atom stereocenters. The summed E-state index contributed by atoms with van der Waals surface area (Å²) in [7, 11) is 1.29. The van der Waals surface area contributed by atoms with Crippen molar-refractivity contribution in [1.82, 2.24) is 10.6 Å². The van der Waals surface area contributed by atoms with E-state index in [9.17, 15) is 14.4 Å². The van der Waals surface area contributed by atoms with Gasteiger partial charge >= 0.3 is 5.97 Å². The molecule has 150 valence electrons. The largest absolute Gasteiger partial charge is 0.467 e. The van der Waals surface area contributed by atoms with E-state index in [0.29, 0.717) is 38.8 Å². The van der Waals surface area contributed by atoms with Crippen LogP contribution in [-0.4, -0.2) is 50.5 Å². The molecule has 0 aliphatic carbocycles. The molecule has 9 nitrogen and oxygen atoms in total. The highest BCUT2D eigenvalue weighted by atomic mass is 16.5. The summed E-state index contributed by atoms with van der Waals surface area (Å²) in [5.41, 5.74) is 10.5. The van der Waals surface area contributed by atoms with Crippen molar-refractivity contribution in [3.63, 3.8) is 0 Å². The van der Waals surface area contributed by atoms with Crippen molar-refractivity contribution in [2.45, 2.75) is 57.9 Å². The van der Waals surface area contributed by atoms with Gasteiger partial charge in [0.1, 0.15) is 6.04 Å². The summed E-state index contributed by atoms with van der Waals surface area (Å²) in [5.74, 6) is -0.773. The SMILES string of the molecule is CCC(CCCCCNC=O)C(=O)NC(CCCN=C(N)N)C(=O)OC. The number of ether oxygens (including phenoxy) is 1. The van der Waals surface area contributed by atoms with Crippen LogP contribution in [0, 0.1) is 5.92 Å². The summed E-state index contributed by atoms with van der Waals surface area (Å²) in [4.78, 5) is 38.4. The fourth-order valence-corrected chi connectivity index (χ4v) is 2.56. The van der Waals surface area contributed by atoms with E-state index in [4.69, 9.17) is 16.2 Å². The Morgan fingerprint density at radius 3 is 2.46 bits per heavy atom. The molecule has 0 fully saturated rings. The molecule has 0 aliphatic heterocycles. The standard InChI is InChI=1S/C17H33N5O4/c1-3-13(8-5-4-6-10-20-12-23)15(24)22-14(16(25)26-2)9-7-11-21-17(18)19/h12-14H,3-11H2,1-2H3,(H,20,23)(H,22,24)(H4,18,19,21). The van der Waals surface area contributed by atoms with Crippen LogP contribution in [0.3, 0.4) is 0 Å². The van der Waals surface area contributed by atoms with Crippen LogP contribution in [0.25, 0.3) is 0 Å². The number of unbranched alkanes of at least 4 members (excludes halogenated alkanes) is 2. The number of nitrogens with one attached hydrogen (secondary N) is 2. The summed E-state index contributed by atoms with van der Waals surface area (Å²) in [5, 5.41) is 5.40. The topological polar surface area (TPSA) is 149 Å². The molecule has 0 aromatic carbocycles. The van der Waals surface area contributed by atoms with Gasteiger partial charge in [-0.15, -0.1) is 0 Å². The molecule has 0 saturated heterocycles. The average molecular weight is 371 g/mol. The smallest absolute Gasteiger partial charge is 0.328 e. The average Bonchev–Trinajstić information content (AvgIpc) is 2.62. The number of carbonyl (C=O) groups is 3. The number of methoxy groups -OCH3 is 1. The molecule has 2 amide bonds. The molecule has 9 heteroatoms. The summed E-state index contributed by atoms with van der Waals surface area (Å²) in [6.07, 6.45) is 5.78. The number of esters is 1. The predicted octanol–water partition coefficient (Wildman–Crippen LogP) is 0.0304. The minimum atomic E-state index is -0.701. The van der Waals surface area contributed by atoms with Crippen molar-refractivity contribution in [3.8, 4) is 0 Å². The molecular formula is C17H33N5O4. The van der Waals surface area contributed by atoms with Crippen LogP contribution in [0.15, 0.2) is 4.99 Å². The second kappa shape index (κ2) is 15.0. The van der Waals surface area contributed by atoms with Gasteiger partial charge in [-0.1, -0.05) is 19.8 Å². The molecule has 26 heavy (non-hydrogen) atoms. The minimum Gasteiger partial charge on any atom is -0.467 e. The van der Waals surface area contributed by atoms with Gasteiger partial charge in [-0.2, -0.15) is 0 Å². The fraction of sp³-hybridized carbons (Fsp3) is 0.765. The van der Waals surface area contributed by atoms with Crippen LogP contribution in [0.1, 0.15) is 51.9 Å². The third-order valence-electron chi connectivity index (χ3n) is 4.07. The van der Waals surface area contributed by atoms with Crippen LogP contribution in [0.4, 0.5) is 0 Å². The summed E-state index contributed by atoms with van der Waals surface area (Å²) in [6, 6.07) is -0.701. The molecule has 0 bridgehead atoms. The Bertz CT molecular complexity index is 452. The zero-order chi connectivity index (χ0) is 19.8. The first kappa shape index (κ1) is 23.7. The van der Waals surface area contributed by atoms with Gasteiger partial charge in [-0.05, 0) is 32.1 Å². The van der Waals surface area contributed by atoms with E-state index in [2.05, 4.69) is 15.6 Å². The van der Waals surface area contributed by atoms with Crippen molar-refractivity contribution >= 4 is 24.2 Å². The van der Waals surface area contributed by atoms with Gasteiger partial charge in [0.05, 0.1) is 7.11 Å². The van der Waals surface area contributed by atoms with Gasteiger partial charge in [0.2, 0.25) is 12.3 Å². The number of aliphatic imine (C=N–C) groups is 1. The van der Waals surface area contributed by atoms with Crippen molar-refractivity contribution < 1.29 is 19.1 Å². The van der Waals surface area contributed by atoms with Gasteiger partial charge in [0.25, 0.3) is 0 Å². The first-order valence-corrected chi connectivity index (χ1v) is 9.06. The third kappa shape index (κ3) is 11.3. The molecule has 0 aromatic rings. The van der Waals surface area contributed by atoms with Crippen LogP contribution in [0.5, 0.6) is 0 Å². The van der Waals surface area contributed by atoms with Crippen LogP contribution >= 0.6 is 0 Å². The van der Waals surface area contributed by atoms with Gasteiger partial charge < -0.3 is 26.8 Å². The molecule has 0 radical (unpaired) electrons. The van der Waals surface area contributed by atoms with Crippen LogP contribution in [0.2, 0.25) is 0 Å². The summed E-state index contributed by atoms with van der Waals surface area (Å²) >= 11 is 0. The highest BCUT2D eigenvalue weighted by Crippen LogP contribution is 2.15. The molecule has 0 aromatic heterocycles. The molecule has 0 saturated carbocycles. The molecule has 0 spiro atoms. The van der Waals surface area contributed by atoms with E-state index in [1.807, 2.05) is 6.92 Å². The Kier molecular flexibility index (Phi) is 13.6. The van der Waals surface area contributed by atoms with Crippen molar-refractivity contribution in [1.29, 1.82) is 0 Å². The van der Waals surface area contributed by atoms with E-state index in [-0.39, 0.29) is 17.8 Å². The lowest BCUT2D eigenvalue weighted by Crippen LogP contribution is -2.44. The number of nitrogens with two attached hydrogens (primary N) is 2. The van der Waals surface area contributed by atoms with Crippen molar-refractivity contribution in [2.24, 2.45) is 22.4 Å². The van der Waals surface area contributed by atoms with Crippen LogP contribution < -0.4 is 22.1 Å². The first-order chi connectivity index (χ1) is 12.5.